The summed E-state index contributed by atoms with van der Waals surface area (Å²) in [5.41, 5.74) is 1.58. The molecule has 1 saturated heterocycles. The first-order chi connectivity index (χ1) is 9.24. The first-order valence-corrected chi connectivity index (χ1v) is 6.08. The van der Waals surface area contributed by atoms with Crippen molar-refractivity contribution in [1.29, 1.82) is 0 Å². The molecule has 0 N–H and O–H groups in total. The van der Waals surface area contributed by atoms with Crippen molar-refractivity contribution < 1.29 is 19.1 Å². The second-order valence-corrected chi connectivity index (χ2v) is 4.48. The summed E-state index contributed by atoms with van der Waals surface area (Å²) in [5.74, 6) is -0.610. The molecule has 2 heterocycles. The monoisotopic (exact) mass is 259 g/mol. The van der Waals surface area contributed by atoms with Crippen LogP contribution in [0.3, 0.4) is 0 Å². The Morgan fingerprint density at radius 1 is 1.11 bits per heavy atom. The number of anilines is 1. The molecule has 0 atom stereocenters. The Morgan fingerprint density at radius 2 is 1.74 bits per heavy atom. The fraction of sp³-hybridized carbons (Fsp3) is 0.286. The molecular weight excluding hydrogens is 246 g/mol. The van der Waals surface area contributed by atoms with Crippen molar-refractivity contribution in [1.82, 2.24) is 0 Å². The quantitative estimate of drug-likeness (QED) is 0.758. The van der Waals surface area contributed by atoms with E-state index in [0.717, 1.165) is 10.5 Å². The van der Waals surface area contributed by atoms with E-state index in [2.05, 4.69) is 0 Å². The molecule has 2 aliphatic heterocycles. The minimum Gasteiger partial charge on any atom is -0.376 e. The second kappa shape index (κ2) is 4.95. The van der Waals surface area contributed by atoms with Crippen LogP contribution < -0.4 is 4.90 Å². The van der Waals surface area contributed by atoms with E-state index in [0.29, 0.717) is 25.5 Å². The summed E-state index contributed by atoms with van der Waals surface area (Å²) in [7, 11) is 0. The summed E-state index contributed by atoms with van der Waals surface area (Å²) in [6, 6.07) is 7.21. The van der Waals surface area contributed by atoms with Gasteiger partial charge in [-0.1, -0.05) is 12.1 Å². The maximum atomic E-state index is 11.5. The molecule has 5 heteroatoms. The van der Waals surface area contributed by atoms with Crippen LogP contribution in [0.15, 0.2) is 36.4 Å². The maximum Gasteiger partial charge on any atom is 0.258 e. The Labute approximate surface area is 110 Å². The topological polar surface area (TPSA) is 55.8 Å². The van der Waals surface area contributed by atoms with E-state index < -0.39 is 0 Å². The number of amides is 2. The highest BCUT2D eigenvalue weighted by Crippen LogP contribution is 2.20. The van der Waals surface area contributed by atoms with Crippen LogP contribution in [0.1, 0.15) is 5.56 Å². The fourth-order valence-electron chi connectivity index (χ4n) is 1.92. The summed E-state index contributed by atoms with van der Waals surface area (Å²) in [4.78, 5) is 24.2. The number of benzene rings is 1. The molecule has 0 bridgehead atoms. The highest BCUT2D eigenvalue weighted by molar-refractivity contribution is 6.28. The average Bonchev–Trinajstić information content (AvgIpc) is 2.68. The van der Waals surface area contributed by atoms with Gasteiger partial charge in [-0.15, -0.1) is 0 Å². The van der Waals surface area contributed by atoms with E-state index in [-0.39, 0.29) is 17.9 Å². The van der Waals surface area contributed by atoms with Gasteiger partial charge in [-0.3, -0.25) is 9.59 Å². The van der Waals surface area contributed by atoms with Crippen molar-refractivity contribution in [3.05, 3.63) is 42.0 Å². The number of imide groups is 1. The predicted molar refractivity (Wildman–Crippen MR) is 67.5 cm³/mol. The maximum absolute atomic E-state index is 11.5. The van der Waals surface area contributed by atoms with Crippen molar-refractivity contribution in [3.63, 3.8) is 0 Å². The van der Waals surface area contributed by atoms with Crippen molar-refractivity contribution in [2.75, 3.05) is 18.1 Å². The minimum absolute atomic E-state index is 0.186. The largest absolute Gasteiger partial charge is 0.376 e. The third kappa shape index (κ3) is 2.43. The van der Waals surface area contributed by atoms with E-state index >= 15 is 0 Å². The molecule has 1 aromatic rings. The lowest BCUT2D eigenvalue weighted by molar-refractivity contribution is -0.135. The summed E-state index contributed by atoms with van der Waals surface area (Å²) in [5, 5.41) is 0. The zero-order valence-electron chi connectivity index (χ0n) is 10.2. The van der Waals surface area contributed by atoms with Crippen LogP contribution in [-0.2, 0) is 25.7 Å². The van der Waals surface area contributed by atoms with Crippen LogP contribution in [0.25, 0.3) is 0 Å². The summed E-state index contributed by atoms with van der Waals surface area (Å²) >= 11 is 0. The molecule has 1 fully saturated rings. The van der Waals surface area contributed by atoms with Crippen molar-refractivity contribution in [2.24, 2.45) is 0 Å². The Hall–Kier alpha value is -1.98. The van der Waals surface area contributed by atoms with Gasteiger partial charge in [0.25, 0.3) is 11.8 Å². The molecule has 1 aromatic carbocycles. The molecule has 0 unspecified atom stereocenters. The molecule has 0 spiro atoms. The van der Waals surface area contributed by atoms with Gasteiger partial charge in [-0.05, 0) is 17.7 Å². The van der Waals surface area contributed by atoms with Gasteiger partial charge in [-0.2, -0.15) is 0 Å². The Kier molecular flexibility index (Phi) is 3.15. The summed E-state index contributed by atoms with van der Waals surface area (Å²) < 4.78 is 10.6. The van der Waals surface area contributed by atoms with Crippen LogP contribution in [0.4, 0.5) is 5.69 Å². The second-order valence-electron chi connectivity index (χ2n) is 4.48. The van der Waals surface area contributed by atoms with Crippen molar-refractivity contribution in [3.8, 4) is 0 Å². The molecular formula is C14H13NO4. The number of rotatable bonds is 4. The Bertz CT molecular complexity index is 513. The molecule has 2 aliphatic rings. The number of nitrogens with zero attached hydrogens (tertiary/aromatic N) is 1. The molecule has 0 radical (unpaired) electrons. The fourth-order valence-corrected chi connectivity index (χ4v) is 1.92. The van der Waals surface area contributed by atoms with Crippen LogP contribution in [0.2, 0.25) is 0 Å². The van der Waals surface area contributed by atoms with E-state index in [4.69, 9.17) is 9.47 Å². The first kappa shape index (κ1) is 12.1. The number of carbonyl (C=O) groups is 2. The summed E-state index contributed by atoms with van der Waals surface area (Å²) in [6.07, 6.45) is 2.73. The van der Waals surface area contributed by atoms with Crippen molar-refractivity contribution >= 4 is 17.5 Å². The van der Waals surface area contributed by atoms with Gasteiger partial charge in [0, 0.05) is 12.2 Å². The zero-order valence-corrected chi connectivity index (χ0v) is 10.2. The number of hydrogen-bond donors (Lipinski definition) is 0. The van der Waals surface area contributed by atoms with Gasteiger partial charge >= 0.3 is 0 Å². The predicted octanol–water partition coefficient (Wildman–Crippen LogP) is 1.03. The van der Waals surface area contributed by atoms with Gasteiger partial charge in [0.1, 0.15) is 6.10 Å². The molecule has 3 rings (SSSR count). The molecule has 19 heavy (non-hydrogen) atoms. The Morgan fingerprint density at radius 3 is 2.26 bits per heavy atom. The van der Waals surface area contributed by atoms with Gasteiger partial charge in [0.2, 0.25) is 0 Å². The minimum atomic E-state index is -0.305. The third-order valence-corrected chi connectivity index (χ3v) is 3.10. The van der Waals surface area contributed by atoms with Gasteiger partial charge in [-0.25, -0.2) is 4.90 Å². The number of carbonyl (C=O) groups excluding carboxylic acids is 2. The Balaban J connectivity index is 1.65. The molecule has 0 saturated carbocycles. The highest BCUT2D eigenvalue weighted by atomic mass is 16.6. The van der Waals surface area contributed by atoms with E-state index in [9.17, 15) is 9.59 Å². The van der Waals surface area contributed by atoms with Crippen LogP contribution >= 0.6 is 0 Å². The number of hydrogen-bond acceptors (Lipinski definition) is 4. The van der Waals surface area contributed by atoms with Crippen LogP contribution in [-0.4, -0.2) is 31.1 Å². The average molecular weight is 259 g/mol. The third-order valence-electron chi connectivity index (χ3n) is 3.10. The standard InChI is InChI=1S/C14H13NO4/c16-13-5-6-14(17)15(13)11-3-1-10(2-4-11)7-19-12-8-18-9-12/h1-6,12H,7-9H2. The SMILES string of the molecule is O=C1C=CC(=O)N1c1ccc(COC2COC2)cc1. The lowest BCUT2D eigenvalue weighted by Crippen LogP contribution is -2.35. The first-order valence-electron chi connectivity index (χ1n) is 6.08. The van der Waals surface area contributed by atoms with Gasteiger partial charge < -0.3 is 9.47 Å². The molecule has 2 amide bonds. The smallest absolute Gasteiger partial charge is 0.258 e. The molecule has 5 nitrogen and oxygen atoms in total. The highest BCUT2D eigenvalue weighted by Gasteiger charge is 2.25. The normalized spacial score (nSPS) is 19.1. The van der Waals surface area contributed by atoms with Gasteiger partial charge in [0.15, 0.2) is 0 Å². The van der Waals surface area contributed by atoms with Gasteiger partial charge in [0.05, 0.1) is 25.5 Å². The lowest BCUT2D eigenvalue weighted by Gasteiger charge is -2.26. The number of ether oxygens (including phenoxy) is 2. The van der Waals surface area contributed by atoms with E-state index in [1.165, 1.54) is 12.2 Å². The molecule has 98 valence electrons. The van der Waals surface area contributed by atoms with Crippen molar-refractivity contribution in [2.45, 2.75) is 12.7 Å². The zero-order chi connectivity index (χ0) is 13.2. The molecule has 0 aromatic heterocycles. The summed E-state index contributed by atoms with van der Waals surface area (Å²) in [6.45, 7) is 1.81. The van der Waals surface area contributed by atoms with Crippen LogP contribution in [0, 0.1) is 0 Å². The van der Waals surface area contributed by atoms with E-state index in [1.54, 1.807) is 12.1 Å². The lowest BCUT2D eigenvalue weighted by atomic mass is 10.2. The molecule has 0 aliphatic carbocycles. The van der Waals surface area contributed by atoms with E-state index in [1.807, 2.05) is 12.1 Å². The van der Waals surface area contributed by atoms with Crippen LogP contribution in [0.5, 0.6) is 0 Å².